The molecule has 9 aromatic rings. The summed E-state index contributed by atoms with van der Waals surface area (Å²) >= 11 is 0. The zero-order chi connectivity index (χ0) is 37.8. The predicted molar refractivity (Wildman–Crippen MR) is 239 cm³/mol. The molecule has 0 saturated heterocycles. The fraction of sp³-hybridized carbons (Fsp3) is 0.235. The molecule has 2 saturated carbocycles. The van der Waals surface area contributed by atoms with Crippen molar-refractivity contribution < 1.29 is 0 Å². The van der Waals surface area contributed by atoms with Crippen molar-refractivity contribution in [1.82, 2.24) is 24.1 Å². The van der Waals surface area contributed by atoms with Gasteiger partial charge >= 0.3 is 0 Å². The zero-order valence-electron chi connectivity index (χ0n) is 32.4. The molecule has 2 fully saturated rings. The van der Waals surface area contributed by atoms with E-state index in [4.69, 9.17) is 15.0 Å². The van der Waals surface area contributed by atoms with Gasteiger partial charge in [0, 0.05) is 27.1 Å². The van der Waals surface area contributed by atoms with Crippen molar-refractivity contribution in [2.45, 2.75) is 75.3 Å². The van der Waals surface area contributed by atoms with Crippen LogP contribution in [0.15, 0.2) is 152 Å². The normalized spacial score (nSPS) is 15.9. The van der Waals surface area contributed by atoms with Gasteiger partial charge in [0.15, 0.2) is 5.82 Å². The van der Waals surface area contributed by atoms with Crippen LogP contribution in [0.3, 0.4) is 0 Å². The highest BCUT2D eigenvalue weighted by Gasteiger charge is 2.50. The number of aromatic nitrogens is 5. The molecule has 5 nitrogen and oxygen atoms in total. The van der Waals surface area contributed by atoms with Crippen LogP contribution in [0.5, 0.6) is 0 Å². The Morgan fingerprint density at radius 1 is 0.386 bits per heavy atom. The lowest BCUT2D eigenvalue weighted by Crippen LogP contribution is -2.65. The maximum atomic E-state index is 5.48. The van der Waals surface area contributed by atoms with Crippen LogP contribution in [0, 0.1) is 0 Å². The predicted octanol–water partition coefficient (Wildman–Crippen LogP) is 12.0. The lowest BCUT2D eigenvalue weighted by molar-refractivity contribution is 0.459. The molecule has 6 aromatic carbocycles. The highest BCUT2D eigenvalue weighted by Crippen LogP contribution is 2.48. The SMILES string of the molecule is c1ccc([Si](c2cccc(-c3nc(-n4c5ccccc5c5ccccc54)nc(-n4c5ccccc5c5ccccc54)n3)c2)(C2CCCCC2)C2CCCCC2)cc1. The van der Waals surface area contributed by atoms with Gasteiger partial charge in [-0.3, -0.25) is 9.13 Å². The Bertz CT molecular complexity index is 2640. The molecule has 0 N–H and O–H groups in total. The summed E-state index contributed by atoms with van der Waals surface area (Å²) < 4.78 is 4.48. The molecule has 0 amide bonds. The first-order chi connectivity index (χ1) is 28.3. The molecule has 280 valence electrons. The third-order valence-electron chi connectivity index (χ3n) is 13.5. The van der Waals surface area contributed by atoms with Crippen LogP contribution >= 0.6 is 0 Å². The Labute approximate surface area is 335 Å². The van der Waals surface area contributed by atoms with Crippen LogP contribution in [0.1, 0.15) is 64.2 Å². The molecule has 0 radical (unpaired) electrons. The molecule has 3 heterocycles. The molecule has 57 heavy (non-hydrogen) atoms. The zero-order valence-corrected chi connectivity index (χ0v) is 33.4. The summed E-state index contributed by atoms with van der Waals surface area (Å²) in [6.07, 6.45) is 13.4. The van der Waals surface area contributed by atoms with Gasteiger partial charge in [0.25, 0.3) is 0 Å². The van der Waals surface area contributed by atoms with Crippen molar-refractivity contribution in [3.63, 3.8) is 0 Å². The smallest absolute Gasteiger partial charge is 0.240 e. The summed E-state index contributed by atoms with van der Waals surface area (Å²) in [4.78, 5) is 16.4. The number of para-hydroxylation sites is 4. The largest absolute Gasteiger partial charge is 0.278 e. The number of fused-ring (bicyclic) bond motifs is 6. The van der Waals surface area contributed by atoms with E-state index in [9.17, 15) is 0 Å². The van der Waals surface area contributed by atoms with E-state index in [1.807, 2.05) is 0 Å². The summed E-state index contributed by atoms with van der Waals surface area (Å²) in [7, 11) is -2.27. The average molecular weight is 758 g/mol. The minimum Gasteiger partial charge on any atom is -0.278 e. The van der Waals surface area contributed by atoms with Gasteiger partial charge in [-0.25, -0.2) is 0 Å². The van der Waals surface area contributed by atoms with Gasteiger partial charge in [-0.2, -0.15) is 15.0 Å². The Kier molecular flexibility index (Phi) is 8.61. The molecule has 3 aromatic heterocycles. The molecular weight excluding hydrogens is 711 g/mol. The number of hydrogen-bond donors (Lipinski definition) is 0. The van der Waals surface area contributed by atoms with Gasteiger partial charge in [-0.15, -0.1) is 0 Å². The molecule has 6 heteroatoms. The van der Waals surface area contributed by atoms with E-state index in [1.54, 1.807) is 10.4 Å². The number of benzene rings is 6. The third kappa shape index (κ3) is 5.59. The number of rotatable bonds is 7. The highest BCUT2D eigenvalue weighted by molar-refractivity contribution is 7.04. The van der Waals surface area contributed by atoms with Crippen LogP contribution in [0.25, 0.3) is 66.9 Å². The standard InChI is InChI=1S/C51H47N5Si/c1-4-20-37(21-5-1)57(38-22-6-2-7-23-38,39-24-8-3-9-25-39)40-26-18-19-36(35-40)49-52-50(55-45-31-14-10-27-41(45)42-28-11-15-32-46(42)55)54-51(53-49)56-47-33-16-12-29-43(47)44-30-13-17-34-48(44)56/h1,4-5,10-21,26-35,38-39H,2-3,6-9,22-25H2. The van der Waals surface area contributed by atoms with E-state index < -0.39 is 8.07 Å². The van der Waals surface area contributed by atoms with E-state index in [1.165, 1.54) is 85.8 Å². The van der Waals surface area contributed by atoms with Crippen molar-refractivity contribution in [1.29, 1.82) is 0 Å². The Morgan fingerprint density at radius 3 is 1.25 bits per heavy atom. The second-order valence-corrected chi connectivity index (χ2v) is 21.0. The fourth-order valence-corrected chi connectivity index (χ4v) is 18.2. The van der Waals surface area contributed by atoms with Gasteiger partial charge in [0.05, 0.1) is 22.1 Å². The molecule has 0 spiro atoms. The average Bonchev–Trinajstić information content (AvgIpc) is 3.81. The quantitative estimate of drug-likeness (QED) is 0.152. The molecule has 11 rings (SSSR count). The summed E-state index contributed by atoms with van der Waals surface area (Å²) in [5.41, 5.74) is 6.87. The molecule has 0 bridgehead atoms. The van der Waals surface area contributed by atoms with Gasteiger partial charge in [0.2, 0.25) is 11.9 Å². The van der Waals surface area contributed by atoms with Crippen LogP contribution in [-0.2, 0) is 0 Å². The first-order valence-corrected chi connectivity index (χ1v) is 23.3. The lowest BCUT2D eigenvalue weighted by atomic mass is 9.99. The monoisotopic (exact) mass is 757 g/mol. The van der Waals surface area contributed by atoms with Crippen LogP contribution < -0.4 is 10.4 Å². The number of nitrogens with zero attached hydrogens (tertiary/aromatic N) is 5. The maximum Gasteiger partial charge on any atom is 0.240 e. The van der Waals surface area contributed by atoms with Crippen molar-refractivity contribution in [2.24, 2.45) is 0 Å². The summed E-state index contributed by atoms with van der Waals surface area (Å²) in [5, 5.41) is 7.93. The highest BCUT2D eigenvalue weighted by atomic mass is 28.3. The number of hydrogen-bond acceptors (Lipinski definition) is 3. The van der Waals surface area contributed by atoms with Crippen LogP contribution in [-0.4, -0.2) is 32.2 Å². The molecule has 0 aliphatic heterocycles. The topological polar surface area (TPSA) is 48.5 Å². The van der Waals surface area contributed by atoms with Crippen molar-refractivity contribution >= 4 is 62.1 Å². The maximum absolute atomic E-state index is 5.48. The van der Waals surface area contributed by atoms with Crippen LogP contribution in [0.4, 0.5) is 0 Å². The third-order valence-corrected chi connectivity index (χ3v) is 19.8. The minimum atomic E-state index is -2.27. The van der Waals surface area contributed by atoms with E-state index in [-0.39, 0.29) is 0 Å². The Balaban J connectivity index is 1.19. The summed E-state index contributed by atoms with van der Waals surface area (Å²) in [5.74, 6) is 1.97. The van der Waals surface area contributed by atoms with Gasteiger partial charge in [-0.05, 0) is 35.3 Å². The van der Waals surface area contributed by atoms with Gasteiger partial charge in [-0.1, -0.05) is 202 Å². The molecule has 0 atom stereocenters. The van der Waals surface area contributed by atoms with E-state index in [0.717, 1.165) is 38.7 Å². The van der Waals surface area contributed by atoms with Crippen molar-refractivity contribution in [3.8, 4) is 23.3 Å². The molecule has 0 unspecified atom stereocenters. The summed E-state index contributed by atoms with van der Waals surface area (Å²) in [6.45, 7) is 0. The summed E-state index contributed by atoms with van der Waals surface area (Å²) in [6, 6.07) is 55.9. The molecular formula is C51H47N5Si. The minimum absolute atomic E-state index is 0.630. The second-order valence-electron chi connectivity index (χ2n) is 16.5. The van der Waals surface area contributed by atoms with E-state index in [0.29, 0.717) is 17.7 Å². The second kappa shape index (κ2) is 14.3. The molecule has 2 aliphatic carbocycles. The molecule has 2 aliphatic rings. The Hall–Kier alpha value is -5.85. The van der Waals surface area contributed by atoms with Gasteiger partial charge < -0.3 is 0 Å². The van der Waals surface area contributed by atoms with E-state index in [2.05, 4.69) is 161 Å². The first kappa shape index (κ1) is 34.4. The van der Waals surface area contributed by atoms with Crippen molar-refractivity contribution in [3.05, 3.63) is 152 Å². The van der Waals surface area contributed by atoms with E-state index >= 15 is 0 Å². The Morgan fingerprint density at radius 2 is 0.789 bits per heavy atom. The fourth-order valence-electron chi connectivity index (χ4n) is 11.1. The van der Waals surface area contributed by atoms with Gasteiger partial charge in [0.1, 0.15) is 8.07 Å². The van der Waals surface area contributed by atoms with Crippen LogP contribution in [0.2, 0.25) is 11.1 Å². The van der Waals surface area contributed by atoms with Crippen molar-refractivity contribution in [2.75, 3.05) is 0 Å². The lowest BCUT2D eigenvalue weighted by Gasteiger charge is -2.48. The first-order valence-electron chi connectivity index (χ1n) is 21.2.